The maximum absolute atomic E-state index is 13.6. The molecule has 0 aliphatic carbocycles. The van der Waals surface area contributed by atoms with Crippen molar-refractivity contribution in [1.82, 2.24) is 24.5 Å². The molecular weight excluding hydrogens is 506 g/mol. The molecule has 172 valence electrons. The second kappa shape index (κ2) is 10.2. The van der Waals surface area contributed by atoms with Crippen LogP contribution in [0.25, 0.3) is 5.69 Å². The largest absolute Gasteiger partial charge is 0.435 e. The number of aromatic nitrogens is 5. The van der Waals surface area contributed by atoms with E-state index < -0.39 is 25.4 Å². The van der Waals surface area contributed by atoms with Crippen LogP contribution in [0.1, 0.15) is 29.6 Å². The van der Waals surface area contributed by atoms with Crippen LogP contribution < -0.4 is 4.74 Å². The van der Waals surface area contributed by atoms with Crippen molar-refractivity contribution in [1.29, 1.82) is 0 Å². The van der Waals surface area contributed by atoms with E-state index in [1.54, 1.807) is 47.4 Å². The highest BCUT2D eigenvalue weighted by Gasteiger charge is 2.26. The fourth-order valence-electron chi connectivity index (χ4n) is 3.44. The molecule has 2 heterocycles. The summed E-state index contributed by atoms with van der Waals surface area (Å²) in [4.78, 5) is 4.58. The molecule has 0 N–H and O–H groups in total. The van der Waals surface area contributed by atoms with Gasteiger partial charge in [-0.05, 0) is 45.8 Å². The monoisotopic (exact) mass is 523 g/mol. The quantitative estimate of drug-likeness (QED) is 0.265. The number of halogens is 5. The Hall–Kier alpha value is -3.21. The zero-order chi connectivity index (χ0) is 23.4. The second-order valence-electron chi connectivity index (χ2n) is 7.12. The molecule has 0 saturated carbocycles. The Balaban J connectivity index is 1.77. The van der Waals surface area contributed by atoms with Gasteiger partial charge in [0.15, 0.2) is 5.82 Å². The Labute approximate surface area is 195 Å². The van der Waals surface area contributed by atoms with E-state index in [0.717, 1.165) is 4.47 Å². The molecular formula is C22H18BrF4N5O. The molecule has 0 aliphatic rings. The minimum atomic E-state index is -2.95. The van der Waals surface area contributed by atoms with Crippen molar-refractivity contribution < 1.29 is 22.3 Å². The highest BCUT2D eigenvalue weighted by atomic mass is 79.9. The second-order valence-corrected chi connectivity index (χ2v) is 8.03. The standard InChI is InChI=1S/C22H18BrF4N5O/c23-15-11-28-31(12-15)13-20-29-21(18(10-19(24)25)14-4-2-1-3-5-14)32(30-20)16-6-8-17(9-7-16)33-22(26)27/h1-9,11-12,18-19,22H,10,13H2. The van der Waals surface area contributed by atoms with Gasteiger partial charge in [-0.15, -0.1) is 5.10 Å². The first-order chi connectivity index (χ1) is 15.9. The summed E-state index contributed by atoms with van der Waals surface area (Å²) in [7, 11) is 0. The van der Waals surface area contributed by atoms with Gasteiger partial charge in [-0.1, -0.05) is 30.3 Å². The molecule has 11 heteroatoms. The number of alkyl halides is 4. The van der Waals surface area contributed by atoms with Crippen molar-refractivity contribution in [2.45, 2.75) is 31.9 Å². The summed E-state index contributed by atoms with van der Waals surface area (Å²) in [6, 6.07) is 14.6. The molecule has 0 saturated heterocycles. The molecule has 0 amide bonds. The van der Waals surface area contributed by atoms with E-state index >= 15 is 0 Å². The van der Waals surface area contributed by atoms with E-state index in [2.05, 4.69) is 35.8 Å². The highest BCUT2D eigenvalue weighted by Crippen LogP contribution is 2.31. The molecule has 0 spiro atoms. The number of hydrogen-bond donors (Lipinski definition) is 0. The van der Waals surface area contributed by atoms with E-state index in [1.165, 1.54) is 28.9 Å². The predicted octanol–water partition coefficient (Wildman–Crippen LogP) is 5.66. The molecule has 6 nitrogen and oxygen atoms in total. The average molecular weight is 524 g/mol. The molecule has 0 radical (unpaired) electrons. The third-order valence-electron chi connectivity index (χ3n) is 4.82. The Morgan fingerprint density at radius 3 is 2.30 bits per heavy atom. The number of rotatable bonds is 9. The summed E-state index contributed by atoms with van der Waals surface area (Å²) in [5.41, 5.74) is 1.14. The number of hydrogen-bond acceptors (Lipinski definition) is 4. The molecule has 4 aromatic rings. The minimum Gasteiger partial charge on any atom is -0.435 e. The van der Waals surface area contributed by atoms with E-state index in [-0.39, 0.29) is 12.3 Å². The van der Waals surface area contributed by atoms with Crippen molar-refractivity contribution in [3.8, 4) is 11.4 Å². The maximum atomic E-state index is 13.6. The summed E-state index contributed by atoms with van der Waals surface area (Å²) >= 11 is 3.33. The number of benzene rings is 2. The van der Waals surface area contributed by atoms with Gasteiger partial charge < -0.3 is 4.74 Å². The van der Waals surface area contributed by atoms with E-state index in [9.17, 15) is 17.6 Å². The molecule has 4 rings (SSSR count). The third kappa shape index (κ3) is 5.78. The Morgan fingerprint density at radius 1 is 0.970 bits per heavy atom. The Kier molecular flexibility index (Phi) is 7.07. The van der Waals surface area contributed by atoms with Gasteiger partial charge in [0.1, 0.15) is 18.1 Å². The Bertz CT molecular complexity index is 1180. The number of nitrogens with zero attached hydrogens (tertiary/aromatic N) is 5. The zero-order valence-electron chi connectivity index (χ0n) is 17.0. The Morgan fingerprint density at radius 2 is 1.70 bits per heavy atom. The lowest BCUT2D eigenvalue weighted by Gasteiger charge is -2.17. The topological polar surface area (TPSA) is 57.8 Å². The van der Waals surface area contributed by atoms with Crippen molar-refractivity contribution >= 4 is 15.9 Å². The van der Waals surface area contributed by atoms with Gasteiger partial charge in [-0.25, -0.2) is 18.4 Å². The van der Waals surface area contributed by atoms with E-state index in [4.69, 9.17) is 0 Å². The smallest absolute Gasteiger partial charge is 0.387 e. The predicted molar refractivity (Wildman–Crippen MR) is 116 cm³/mol. The summed E-state index contributed by atoms with van der Waals surface area (Å²) in [5, 5.41) is 8.71. The van der Waals surface area contributed by atoms with Gasteiger partial charge in [0, 0.05) is 18.5 Å². The lowest BCUT2D eigenvalue weighted by atomic mass is 9.95. The van der Waals surface area contributed by atoms with E-state index in [1.807, 2.05) is 0 Å². The molecule has 0 bridgehead atoms. The van der Waals surface area contributed by atoms with Crippen LogP contribution in [-0.4, -0.2) is 37.6 Å². The van der Waals surface area contributed by atoms with Crippen LogP contribution in [0.15, 0.2) is 71.5 Å². The molecule has 2 aromatic heterocycles. The van der Waals surface area contributed by atoms with Crippen LogP contribution in [-0.2, 0) is 6.54 Å². The lowest BCUT2D eigenvalue weighted by Crippen LogP contribution is -2.13. The van der Waals surface area contributed by atoms with Crippen molar-refractivity contribution in [3.05, 3.63) is 88.7 Å². The fourth-order valence-corrected chi connectivity index (χ4v) is 3.77. The van der Waals surface area contributed by atoms with E-state index in [0.29, 0.717) is 22.9 Å². The molecule has 33 heavy (non-hydrogen) atoms. The van der Waals surface area contributed by atoms with Gasteiger partial charge in [0.2, 0.25) is 6.43 Å². The normalized spacial score (nSPS) is 12.5. The molecule has 1 atom stereocenters. The highest BCUT2D eigenvalue weighted by molar-refractivity contribution is 9.10. The first-order valence-electron chi connectivity index (χ1n) is 9.91. The number of ether oxygens (including phenoxy) is 1. The lowest BCUT2D eigenvalue weighted by molar-refractivity contribution is -0.0498. The summed E-state index contributed by atoms with van der Waals surface area (Å²) in [6.07, 6.45) is 0.323. The summed E-state index contributed by atoms with van der Waals surface area (Å²) < 4.78 is 60.4. The fraction of sp³-hybridized carbons (Fsp3) is 0.227. The molecule has 0 aliphatic heterocycles. The van der Waals surface area contributed by atoms with Gasteiger partial charge in [-0.3, -0.25) is 4.68 Å². The third-order valence-corrected chi connectivity index (χ3v) is 5.22. The zero-order valence-corrected chi connectivity index (χ0v) is 18.6. The summed E-state index contributed by atoms with van der Waals surface area (Å²) in [6.45, 7) is -2.74. The van der Waals surface area contributed by atoms with Crippen molar-refractivity contribution in [2.75, 3.05) is 0 Å². The van der Waals surface area contributed by atoms with Crippen LogP contribution >= 0.6 is 15.9 Å². The molecule has 1 unspecified atom stereocenters. The molecule has 0 fully saturated rings. The average Bonchev–Trinajstić information content (AvgIpc) is 3.39. The van der Waals surface area contributed by atoms with Crippen LogP contribution in [0.3, 0.4) is 0 Å². The minimum absolute atomic E-state index is 0.0239. The van der Waals surface area contributed by atoms with Crippen LogP contribution in [0.5, 0.6) is 5.75 Å². The summed E-state index contributed by atoms with van der Waals surface area (Å²) in [5.74, 6) is -0.0908. The molecule has 2 aromatic carbocycles. The van der Waals surface area contributed by atoms with Gasteiger partial charge >= 0.3 is 6.61 Å². The van der Waals surface area contributed by atoms with Crippen LogP contribution in [0.2, 0.25) is 0 Å². The maximum Gasteiger partial charge on any atom is 0.387 e. The SMILES string of the molecule is FC(F)CC(c1ccccc1)c1nc(Cn2cc(Br)cn2)nn1-c1ccc(OC(F)F)cc1. The van der Waals surface area contributed by atoms with Crippen LogP contribution in [0, 0.1) is 0 Å². The van der Waals surface area contributed by atoms with Crippen molar-refractivity contribution in [2.24, 2.45) is 0 Å². The van der Waals surface area contributed by atoms with Gasteiger partial charge in [0.05, 0.1) is 16.4 Å². The van der Waals surface area contributed by atoms with Gasteiger partial charge in [-0.2, -0.15) is 13.9 Å². The first-order valence-corrected chi connectivity index (χ1v) is 10.7. The first kappa shape index (κ1) is 23.0. The van der Waals surface area contributed by atoms with Gasteiger partial charge in [0.25, 0.3) is 0 Å². The van der Waals surface area contributed by atoms with Crippen molar-refractivity contribution in [3.63, 3.8) is 0 Å². The van der Waals surface area contributed by atoms with Crippen LogP contribution in [0.4, 0.5) is 17.6 Å².